The van der Waals surface area contributed by atoms with E-state index in [-0.39, 0.29) is 5.91 Å². The molecule has 1 saturated heterocycles. The van der Waals surface area contributed by atoms with Gasteiger partial charge in [0, 0.05) is 45.3 Å². The molecule has 2 heterocycles. The number of hydrogen-bond donors (Lipinski definition) is 0. The minimum Gasteiger partial charge on any atom is -0.385 e. The highest BCUT2D eigenvalue weighted by molar-refractivity contribution is 5.75. The van der Waals surface area contributed by atoms with Gasteiger partial charge in [-0.05, 0) is 32.6 Å². The molecule has 2 aromatic rings. The Bertz CT molecular complexity index is 760. The molecule has 1 aromatic heterocycles. The van der Waals surface area contributed by atoms with E-state index in [4.69, 9.17) is 9.26 Å². The second kappa shape index (κ2) is 9.73. The summed E-state index contributed by atoms with van der Waals surface area (Å²) in [5.41, 5.74) is 2.83. The predicted octanol–water partition coefficient (Wildman–Crippen LogP) is 4.11. The Morgan fingerprint density at radius 1 is 1.32 bits per heavy atom. The molecule has 0 N–H and O–H groups in total. The number of nitrogens with zero attached hydrogens (tertiary/aromatic N) is 3. The number of carbonyl (C=O) groups excluding carboxylic acids is 1. The molecule has 6 heteroatoms. The first-order valence-electron chi connectivity index (χ1n) is 10.2. The van der Waals surface area contributed by atoms with Crippen LogP contribution in [0.25, 0.3) is 11.3 Å². The number of aromatic nitrogens is 1. The summed E-state index contributed by atoms with van der Waals surface area (Å²) in [7, 11) is 1.68. The summed E-state index contributed by atoms with van der Waals surface area (Å²) < 4.78 is 11.0. The van der Waals surface area contributed by atoms with Gasteiger partial charge in [0.1, 0.15) is 5.69 Å². The normalized spacial score (nSPS) is 17.0. The Morgan fingerprint density at radius 3 is 2.79 bits per heavy atom. The third-order valence-electron chi connectivity index (χ3n) is 5.45. The Hall–Kier alpha value is -2.34. The topological polar surface area (TPSA) is 58.8 Å². The van der Waals surface area contributed by atoms with E-state index in [2.05, 4.69) is 17.0 Å². The SMILES string of the molecule is COCCCN(Cc1c(-c2ccccc2)noc1N1CCCCC1C)C(C)=O. The van der Waals surface area contributed by atoms with Gasteiger partial charge in [-0.3, -0.25) is 4.79 Å². The Balaban J connectivity index is 1.95. The Morgan fingerprint density at radius 2 is 2.11 bits per heavy atom. The maximum absolute atomic E-state index is 12.3. The van der Waals surface area contributed by atoms with Gasteiger partial charge in [-0.2, -0.15) is 0 Å². The molecule has 1 aromatic carbocycles. The number of rotatable bonds is 8. The van der Waals surface area contributed by atoms with E-state index in [9.17, 15) is 4.79 Å². The number of amides is 1. The van der Waals surface area contributed by atoms with E-state index < -0.39 is 0 Å². The number of hydrogen-bond acceptors (Lipinski definition) is 5. The van der Waals surface area contributed by atoms with Crippen molar-refractivity contribution in [3.8, 4) is 11.3 Å². The van der Waals surface area contributed by atoms with Crippen molar-refractivity contribution in [3.63, 3.8) is 0 Å². The zero-order valence-corrected chi connectivity index (χ0v) is 17.2. The number of carbonyl (C=O) groups is 1. The standard InChI is InChI=1S/C22H31N3O3/c1-17-10-7-8-14-25(17)22-20(16-24(18(2)26)13-9-15-27-3)21(23-28-22)19-11-5-4-6-12-19/h4-6,11-12,17H,7-10,13-16H2,1-3H3. The lowest BCUT2D eigenvalue weighted by atomic mass is 10.0. The zero-order chi connectivity index (χ0) is 19.9. The van der Waals surface area contributed by atoms with Gasteiger partial charge >= 0.3 is 0 Å². The first-order valence-corrected chi connectivity index (χ1v) is 10.2. The molecule has 1 aliphatic heterocycles. The Kier molecular flexibility index (Phi) is 7.09. The molecule has 1 amide bonds. The van der Waals surface area contributed by atoms with Crippen LogP contribution >= 0.6 is 0 Å². The number of benzene rings is 1. The van der Waals surface area contributed by atoms with Crippen LogP contribution in [0.4, 0.5) is 5.88 Å². The fraction of sp³-hybridized carbons (Fsp3) is 0.545. The highest BCUT2D eigenvalue weighted by atomic mass is 16.5. The molecule has 1 fully saturated rings. The van der Waals surface area contributed by atoms with Crippen molar-refractivity contribution in [3.05, 3.63) is 35.9 Å². The van der Waals surface area contributed by atoms with Crippen LogP contribution in [-0.2, 0) is 16.1 Å². The minimum absolute atomic E-state index is 0.0500. The highest BCUT2D eigenvalue weighted by Crippen LogP contribution is 2.35. The Labute approximate surface area is 167 Å². The van der Waals surface area contributed by atoms with Gasteiger partial charge in [0.25, 0.3) is 0 Å². The average molecular weight is 386 g/mol. The van der Waals surface area contributed by atoms with Gasteiger partial charge < -0.3 is 19.1 Å². The monoisotopic (exact) mass is 385 g/mol. The summed E-state index contributed by atoms with van der Waals surface area (Å²) in [4.78, 5) is 16.5. The van der Waals surface area contributed by atoms with Crippen LogP contribution in [0.15, 0.2) is 34.9 Å². The smallest absolute Gasteiger partial charge is 0.233 e. The van der Waals surface area contributed by atoms with Crippen LogP contribution in [0.1, 0.15) is 45.1 Å². The lowest BCUT2D eigenvalue weighted by Crippen LogP contribution is -2.38. The third kappa shape index (κ3) is 4.73. The summed E-state index contributed by atoms with van der Waals surface area (Å²) in [6.45, 7) is 6.58. The van der Waals surface area contributed by atoms with Crippen LogP contribution < -0.4 is 4.90 Å². The number of ether oxygens (including phenoxy) is 1. The predicted molar refractivity (Wildman–Crippen MR) is 110 cm³/mol. The molecular formula is C22H31N3O3. The fourth-order valence-corrected chi connectivity index (χ4v) is 3.83. The summed E-state index contributed by atoms with van der Waals surface area (Å²) in [6.07, 6.45) is 4.33. The lowest BCUT2D eigenvalue weighted by Gasteiger charge is -2.34. The number of methoxy groups -OCH3 is 1. The van der Waals surface area contributed by atoms with E-state index in [1.807, 2.05) is 35.2 Å². The van der Waals surface area contributed by atoms with Crippen LogP contribution in [0.5, 0.6) is 0 Å². The maximum atomic E-state index is 12.3. The van der Waals surface area contributed by atoms with Crippen molar-refractivity contribution < 1.29 is 14.1 Å². The van der Waals surface area contributed by atoms with Gasteiger partial charge in [0.05, 0.1) is 12.1 Å². The molecule has 0 bridgehead atoms. The van der Waals surface area contributed by atoms with Crippen molar-refractivity contribution >= 4 is 11.8 Å². The molecule has 0 radical (unpaired) electrons. The maximum Gasteiger partial charge on any atom is 0.233 e. The zero-order valence-electron chi connectivity index (χ0n) is 17.2. The molecule has 152 valence electrons. The van der Waals surface area contributed by atoms with Crippen molar-refractivity contribution in [1.82, 2.24) is 10.1 Å². The molecule has 6 nitrogen and oxygen atoms in total. The summed E-state index contributed by atoms with van der Waals surface area (Å²) in [5.74, 6) is 0.859. The average Bonchev–Trinajstić information content (AvgIpc) is 3.11. The van der Waals surface area contributed by atoms with Crippen molar-refractivity contribution in [2.24, 2.45) is 0 Å². The van der Waals surface area contributed by atoms with Crippen LogP contribution in [0.2, 0.25) is 0 Å². The number of piperidine rings is 1. The fourth-order valence-electron chi connectivity index (χ4n) is 3.83. The van der Waals surface area contributed by atoms with E-state index >= 15 is 0 Å². The minimum atomic E-state index is 0.0500. The molecule has 28 heavy (non-hydrogen) atoms. The van der Waals surface area contributed by atoms with E-state index in [1.54, 1.807) is 14.0 Å². The van der Waals surface area contributed by atoms with Crippen LogP contribution in [0.3, 0.4) is 0 Å². The molecule has 1 aliphatic rings. The third-order valence-corrected chi connectivity index (χ3v) is 5.45. The molecule has 1 unspecified atom stereocenters. The molecule has 0 saturated carbocycles. The molecule has 3 rings (SSSR count). The van der Waals surface area contributed by atoms with Gasteiger partial charge in [0.15, 0.2) is 0 Å². The molecule has 0 aliphatic carbocycles. The second-order valence-electron chi connectivity index (χ2n) is 7.51. The van der Waals surface area contributed by atoms with E-state index in [0.717, 1.165) is 48.5 Å². The van der Waals surface area contributed by atoms with E-state index in [1.165, 1.54) is 6.42 Å². The number of anilines is 1. The van der Waals surface area contributed by atoms with Crippen LogP contribution in [-0.4, -0.2) is 48.8 Å². The van der Waals surface area contributed by atoms with Gasteiger partial charge in [-0.1, -0.05) is 35.5 Å². The second-order valence-corrected chi connectivity index (χ2v) is 7.51. The van der Waals surface area contributed by atoms with Crippen molar-refractivity contribution in [2.75, 3.05) is 31.7 Å². The summed E-state index contributed by atoms with van der Waals surface area (Å²) in [5, 5.41) is 4.43. The first-order chi connectivity index (χ1) is 13.6. The summed E-state index contributed by atoms with van der Waals surface area (Å²) >= 11 is 0. The first kappa shape index (κ1) is 20.4. The molecule has 1 atom stereocenters. The quantitative estimate of drug-likeness (QED) is 0.640. The molecular weight excluding hydrogens is 354 g/mol. The summed E-state index contributed by atoms with van der Waals surface area (Å²) in [6, 6.07) is 10.5. The largest absolute Gasteiger partial charge is 0.385 e. The van der Waals surface area contributed by atoms with Crippen molar-refractivity contribution in [2.45, 2.75) is 52.1 Å². The van der Waals surface area contributed by atoms with Gasteiger partial charge in [-0.15, -0.1) is 0 Å². The van der Waals surface area contributed by atoms with Crippen LogP contribution in [0, 0.1) is 0 Å². The highest BCUT2D eigenvalue weighted by Gasteiger charge is 2.29. The molecule has 0 spiro atoms. The van der Waals surface area contributed by atoms with Gasteiger partial charge in [0.2, 0.25) is 11.8 Å². The van der Waals surface area contributed by atoms with Crippen molar-refractivity contribution in [1.29, 1.82) is 0 Å². The van der Waals surface area contributed by atoms with Gasteiger partial charge in [-0.25, -0.2) is 0 Å². The van der Waals surface area contributed by atoms with E-state index in [0.29, 0.717) is 25.7 Å². The lowest BCUT2D eigenvalue weighted by molar-refractivity contribution is -0.129.